The molecule has 5 heteroatoms. The highest BCUT2D eigenvalue weighted by Crippen LogP contribution is 2.29. The molecular formula is C20H18N4S. The first-order chi connectivity index (χ1) is 12.3. The van der Waals surface area contributed by atoms with Crippen LogP contribution in [-0.4, -0.2) is 20.1 Å². The zero-order valence-corrected chi connectivity index (χ0v) is 14.8. The highest BCUT2D eigenvalue weighted by atomic mass is 32.2. The summed E-state index contributed by atoms with van der Waals surface area (Å²) in [6.45, 7) is 2.21. The second-order valence-electron chi connectivity index (χ2n) is 6.03. The van der Waals surface area contributed by atoms with Crippen molar-refractivity contribution in [2.75, 3.05) is 5.75 Å². The fourth-order valence-corrected chi connectivity index (χ4v) is 3.94. The molecule has 4 aromatic rings. The van der Waals surface area contributed by atoms with Crippen LogP contribution in [-0.2, 0) is 0 Å². The van der Waals surface area contributed by atoms with Crippen molar-refractivity contribution in [1.29, 1.82) is 5.26 Å². The summed E-state index contributed by atoms with van der Waals surface area (Å²) in [6.07, 6.45) is 8.61. The minimum absolute atomic E-state index is 0.659. The third-order valence-electron chi connectivity index (χ3n) is 4.28. The van der Waals surface area contributed by atoms with E-state index < -0.39 is 0 Å². The third-order valence-corrected chi connectivity index (χ3v) is 5.34. The van der Waals surface area contributed by atoms with Crippen molar-refractivity contribution >= 4 is 28.3 Å². The van der Waals surface area contributed by atoms with Crippen LogP contribution >= 0.6 is 11.8 Å². The first-order valence-electron chi connectivity index (χ1n) is 8.41. The number of rotatable bonds is 5. The number of aromatic amines is 1. The van der Waals surface area contributed by atoms with E-state index in [1.807, 2.05) is 36.2 Å². The van der Waals surface area contributed by atoms with Gasteiger partial charge in [-0.1, -0.05) is 13.3 Å². The fourth-order valence-electron chi connectivity index (χ4n) is 2.92. The molecule has 0 radical (unpaired) electrons. The Kier molecular flexibility index (Phi) is 4.21. The molecule has 0 bridgehead atoms. The van der Waals surface area contributed by atoms with Gasteiger partial charge in [0, 0.05) is 40.0 Å². The van der Waals surface area contributed by atoms with Crippen LogP contribution in [0.25, 0.3) is 27.8 Å². The van der Waals surface area contributed by atoms with Crippen molar-refractivity contribution in [2.24, 2.45) is 0 Å². The molecule has 124 valence electrons. The van der Waals surface area contributed by atoms with Crippen LogP contribution in [0.2, 0.25) is 0 Å². The monoisotopic (exact) mass is 346 g/mol. The molecule has 1 N–H and O–H groups in total. The van der Waals surface area contributed by atoms with Gasteiger partial charge in [0.25, 0.3) is 0 Å². The quantitative estimate of drug-likeness (QED) is 0.397. The number of H-pyrrole nitrogens is 1. The highest BCUT2D eigenvalue weighted by Gasteiger charge is 2.11. The summed E-state index contributed by atoms with van der Waals surface area (Å²) in [5.74, 6) is 1.14. The number of nitrogens with one attached hydrogen (secondary N) is 1. The van der Waals surface area contributed by atoms with Gasteiger partial charge in [0.1, 0.15) is 5.65 Å². The summed E-state index contributed by atoms with van der Waals surface area (Å²) in [7, 11) is 0. The lowest BCUT2D eigenvalue weighted by atomic mass is 10.1. The number of hydrogen-bond donors (Lipinski definition) is 1. The number of nitriles is 1. The number of imidazole rings is 1. The molecule has 0 amide bonds. The van der Waals surface area contributed by atoms with Crippen molar-refractivity contribution in [1.82, 2.24) is 14.4 Å². The Morgan fingerprint density at radius 1 is 1.24 bits per heavy atom. The number of pyridine rings is 1. The second kappa shape index (κ2) is 6.66. The van der Waals surface area contributed by atoms with Crippen LogP contribution in [0.4, 0.5) is 0 Å². The predicted molar refractivity (Wildman–Crippen MR) is 103 cm³/mol. The zero-order valence-electron chi connectivity index (χ0n) is 14.0. The predicted octanol–water partition coefficient (Wildman–Crippen LogP) is 5.25. The summed E-state index contributed by atoms with van der Waals surface area (Å²) in [5.41, 5.74) is 4.54. The molecule has 1 aromatic carbocycles. The van der Waals surface area contributed by atoms with E-state index >= 15 is 0 Å². The van der Waals surface area contributed by atoms with Gasteiger partial charge in [-0.25, -0.2) is 4.98 Å². The molecule has 0 aliphatic heterocycles. The van der Waals surface area contributed by atoms with E-state index in [2.05, 4.69) is 46.9 Å². The SMILES string of the molecule is CCCCSc1ccc2nc(-c3c[nH]c4ccc(C#N)cc34)cn2c1. The highest BCUT2D eigenvalue weighted by molar-refractivity contribution is 7.99. The molecule has 0 fully saturated rings. The second-order valence-corrected chi connectivity index (χ2v) is 7.20. The molecule has 3 heterocycles. The molecule has 0 saturated heterocycles. The Morgan fingerprint density at radius 3 is 3.00 bits per heavy atom. The number of fused-ring (bicyclic) bond motifs is 2. The Morgan fingerprint density at radius 2 is 2.16 bits per heavy atom. The van der Waals surface area contributed by atoms with Crippen LogP contribution in [0.3, 0.4) is 0 Å². The molecule has 4 rings (SSSR count). The van der Waals surface area contributed by atoms with Crippen LogP contribution in [0, 0.1) is 11.3 Å². The van der Waals surface area contributed by atoms with Gasteiger partial charge in [0.15, 0.2) is 0 Å². The summed E-state index contributed by atoms with van der Waals surface area (Å²) in [5, 5.41) is 10.2. The van der Waals surface area contributed by atoms with Gasteiger partial charge in [-0.3, -0.25) is 0 Å². The topological polar surface area (TPSA) is 56.9 Å². The van der Waals surface area contributed by atoms with Crippen molar-refractivity contribution < 1.29 is 0 Å². The van der Waals surface area contributed by atoms with Crippen LogP contribution in [0.5, 0.6) is 0 Å². The lowest BCUT2D eigenvalue weighted by molar-refractivity contribution is 0.896. The summed E-state index contributed by atoms with van der Waals surface area (Å²) >= 11 is 1.88. The average molecular weight is 346 g/mol. The van der Waals surface area contributed by atoms with Gasteiger partial charge >= 0.3 is 0 Å². The van der Waals surface area contributed by atoms with Gasteiger partial charge < -0.3 is 9.38 Å². The Balaban J connectivity index is 1.73. The molecule has 0 aliphatic carbocycles. The molecule has 3 aromatic heterocycles. The van der Waals surface area contributed by atoms with Gasteiger partial charge in [-0.2, -0.15) is 5.26 Å². The third kappa shape index (κ3) is 3.01. The Bertz CT molecular complexity index is 1080. The van der Waals surface area contributed by atoms with E-state index in [0.717, 1.165) is 33.6 Å². The summed E-state index contributed by atoms with van der Waals surface area (Å²) in [6, 6.07) is 12.1. The lowest BCUT2D eigenvalue weighted by Crippen LogP contribution is -1.84. The minimum Gasteiger partial charge on any atom is -0.360 e. The maximum absolute atomic E-state index is 9.15. The van der Waals surface area contributed by atoms with E-state index in [1.54, 1.807) is 0 Å². The van der Waals surface area contributed by atoms with E-state index in [-0.39, 0.29) is 0 Å². The first kappa shape index (κ1) is 15.8. The minimum atomic E-state index is 0.659. The van der Waals surface area contributed by atoms with Crippen LogP contribution < -0.4 is 0 Å². The largest absolute Gasteiger partial charge is 0.360 e. The van der Waals surface area contributed by atoms with E-state index in [4.69, 9.17) is 10.2 Å². The van der Waals surface area contributed by atoms with Crippen molar-refractivity contribution in [3.8, 4) is 17.3 Å². The maximum atomic E-state index is 9.15. The molecule has 25 heavy (non-hydrogen) atoms. The fraction of sp³-hybridized carbons (Fsp3) is 0.200. The Labute approximate surface area is 150 Å². The van der Waals surface area contributed by atoms with E-state index in [9.17, 15) is 0 Å². The zero-order chi connectivity index (χ0) is 17.2. The summed E-state index contributed by atoms with van der Waals surface area (Å²) < 4.78 is 2.08. The van der Waals surface area contributed by atoms with Gasteiger partial charge in [-0.05, 0) is 42.5 Å². The van der Waals surface area contributed by atoms with Gasteiger partial charge in [-0.15, -0.1) is 11.8 Å². The van der Waals surface area contributed by atoms with Gasteiger partial charge in [0.2, 0.25) is 0 Å². The maximum Gasteiger partial charge on any atom is 0.137 e. The van der Waals surface area contributed by atoms with E-state index in [1.165, 1.54) is 17.7 Å². The number of benzene rings is 1. The molecule has 0 spiro atoms. The number of aromatic nitrogens is 3. The number of unbranched alkanes of at least 4 members (excludes halogenated alkanes) is 1. The number of nitrogens with zero attached hydrogens (tertiary/aromatic N) is 3. The Hall–Kier alpha value is -2.71. The molecule has 0 unspecified atom stereocenters. The van der Waals surface area contributed by atoms with Crippen molar-refractivity contribution in [2.45, 2.75) is 24.7 Å². The van der Waals surface area contributed by atoms with Gasteiger partial charge in [0.05, 0.1) is 17.3 Å². The van der Waals surface area contributed by atoms with Crippen molar-refractivity contribution in [3.63, 3.8) is 0 Å². The average Bonchev–Trinajstić information content (AvgIpc) is 3.24. The summed E-state index contributed by atoms with van der Waals surface area (Å²) in [4.78, 5) is 9.27. The molecule has 0 aliphatic rings. The number of hydrogen-bond acceptors (Lipinski definition) is 3. The standard InChI is InChI=1S/C20H18N4S/c1-2-3-8-25-15-5-7-20-23-19(13-24(20)12-15)17-11-22-18-6-4-14(10-21)9-16(17)18/h4-7,9,11-13,22H,2-3,8H2,1H3. The lowest BCUT2D eigenvalue weighted by Gasteiger charge is -2.01. The van der Waals surface area contributed by atoms with Crippen LogP contribution in [0.15, 0.2) is 53.8 Å². The molecular weight excluding hydrogens is 328 g/mol. The smallest absolute Gasteiger partial charge is 0.137 e. The first-order valence-corrected chi connectivity index (χ1v) is 9.40. The molecule has 0 saturated carbocycles. The molecule has 4 nitrogen and oxygen atoms in total. The van der Waals surface area contributed by atoms with Crippen molar-refractivity contribution in [3.05, 3.63) is 54.5 Å². The van der Waals surface area contributed by atoms with Crippen LogP contribution in [0.1, 0.15) is 25.3 Å². The van der Waals surface area contributed by atoms with E-state index in [0.29, 0.717) is 5.56 Å². The molecule has 0 atom stereocenters. The number of thioether (sulfide) groups is 1. The normalized spacial score (nSPS) is 11.2.